The summed E-state index contributed by atoms with van der Waals surface area (Å²) in [6.07, 6.45) is -2.97. The van der Waals surface area contributed by atoms with Gasteiger partial charge in [0.25, 0.3) is 0 Å². The van der Waals surface area contributed by atoms with Crippen molar-refractivity contribution in [1.82, 2.24) is 0 Å². The zero-order chi connectivity index (χ0) is 13.0. The average molecular weight is 235 g/mol. The van der Waals surface area contributed by atoms with E-state index < -0.39 is 12.2 Å². The molecule has 0 saturated heterocycles. The molecule has 0 aliphatic carbocycles. The fraction of sp³-hybridized carbons (Fsp3) is 0.333. The molecule has 1 rings (SSSR count). The Morgan fingerprint density at radius 1 is 1.47 bits per heavy atom. The van der Waals surface area contributed by atoms with Crippen LogP contribution in [-0.4, -0.2) is 29.2 Å². The van der Waals surface area contributed by atoms with Crippen LogP contribution in [0.3, 0.4) is 0 Å². The molecule has 17 heavy (non-hydrogen) atoms. The molecule has 2 N–H and O–H groups in total. The van der Waals surface area contributed by atoms with E-state index in [0.717, 1.165) is 0 Å². The highest BCUT2D eigenvalue weighted by molar-refractivity contribution is 5.94. The van der Waals surface area contributed by atoms with Gasteiger partial charge in [0.2, 0.25) is 0 Å². The molecule has 2 unspecified atom stereocenters. The van der Waals surface area contributed by atoms with Gasteiger partial charge in [0.15, 0.2) is 11.9 Å². The number of carbonyl (C=O) groups excluding carboxylic acids is 1. The Morgan fingerprint density at radius 2 is 2.12 bits per heavy atom. The third-order valence-electron chi connectivity index (χ3n) is 2.39. The lowest BCUT2D eigenvalue weighted by atomic mass is 10.00. The number of methoxy groups -OCH3 is 1. The van der Waals surface area contributed by atoms with Crippen LogP contribution in [-0.2, 0) is 0 Å². The van der Waals surface area contributed by atoms with E-state index in [1.165, 1.54) is 32.2 Å². The molecular formula is C12H13NO4. The number of aliphatic hydroxyl groups excluding tert-OH is 2. The molecule has 0 aromatic heterocycles. The Bertz CT molecular complexity index is 464. The fourth-order valence-electron chi connectivity index (χ4n) is 1.43. The van der Waals surface area contributed by atoms with Crippen molar-refractivity contribution in [2.75, 3.05) is 7.11 Å². The van der Waals surface area contributed by atoms with E-state index >= 15 is 0 Å². The van der Waals surface area contributed by atoms with E-state index in [4.69, 9.17) is 10.00 Å². The quantitative estimate of drug-likeness (QED) is 0.595. The first kappa shape index (κ1) is 13.2. The summed E-state index contributed by atoms with van der Waals surface area (Å²) in [5.41, 5.74) is 0.597. The van der Waals surface area contributed by atoms with E-state index in [2.05, 4.69) is 0 Å². The van der Waals surface area contributed by atoms with Gasteiger partial charge in [-0.1, -0.05) is 0 Å². The lowest BCUT2D eigenvalue weighted by molar-refractivity contribution is 0.0510. The number of carbonyl (C=O) groups is 1. The molecule has 0 fully saturated rings. The minimum absolute atomic E-state index is 0.174. The van der Waals surface area contributed by atoms with Crippen molar-refractivity contribution < 1.29 is 19.7 Å². The highest BCUT2D eigenvalue weighted by Gasteiger charge is 2.22. The predicted octanol–water partition coefficient (Wildman–Crippen LogP) is 0.816. The van der Waals surface area contributed by atoms with Crippen molar-refractivity contribution >= 4 is 5.78 Å². The molecule has 1 aromatic carbocycles. The lowest BCUT2D eigenvalue weighted by Gasteiger charge is -2.16. The van der Waals surface area contributed by atoms with Crippen LogP contribution < -0.4 is 4.74 Å². The van der Waals surface area contributed by atoms with Gasteiger partial charge in [0.1, 0.15) is 11.9 Å². The molecule has 5 heteroatoms. The van der Waals surface area contributed by atoms with Crippen molar-refractivity contribution in [2.24, 2.45) is 0 Å². The normalized spacial score (nSPS) is 13.6. The summed E-state index contributed by atoms with van der Waals surface area (Å²) in [7, 11) is 1.40. The maximum Gasteiger partial charge on any atom is 0.170 e. The molecule has 0 radical (unpaired) electrons. The highest BCUT2D eigenvalue weighted by atomic mass is 16.5. The number of nitrogens with zero attached hydrogens (tertiary/aromatic N) is 1. The summed E-state index contributed by atoms with van der Waals surface area (Å²) >= 11 is 0. The van der Waals surface area contributed by atoms with E-state index in [9.17, 15) is 15.0 Å². The summed E-state index contributed by atoms with van der Waals surface area (Å²) in [5, 5.41) is 27.6. The molecule has 0 bridgehead atoms. The van der Waals surface area contributed by atoms with Gasteiger partial charge in [-0.25, -0.2) is 0 Å². The summed E-state index contributed by atoms with van der Waals surface area (Å²) in [6, 6.07) is 6.00. The Morgan fingerprint density at radius 3 is 2.59 bits per heavy atom. The number of ketones is 1. The van der Waals surface area contributed by atoms with Crippen LogP contribution in [0.4, 0.5) is 0 Å². The molecule has 2 atom stereocenters. The number of rotatable bonds is 4. The smallest absolute Gasteiger partial charge is 0.170 e. The van der Waals surface area contributed by atoms with Crippen LogP contribution in [0.25, 0.3) is 0 Å². The monoisotopic (exact) mass is 235 g/mol. The van der Waals surface area contributed by atoms with Gasteiger partial charge < -0.3 is 14.9 Å². The maximum atomic E-state index is 11.2. The molecule has 90 valence electrons. The Hall–Kier alpha value is -1.90. The molecular weight excluding hydrogens is 222 g/mol. The first-order valence-electron chi connectivity index (χ1n) is 4.96. The topological polar surface area (TPSA) is 90.6 Å². The first-order valence-corrected chi connectivity index (χ1v) is 4.96. The number of Topliss-reactive ketones (excluding diaryl/α,β-unsaturated/α-hetero) is 1. The molecule has 0 aliphatic rings. The lowest BCUT2D eigenvalue weighted by Crippen LogP contribution is -2.17. The average Bonchev–Trinajstić information content (AvgIpc) is 2.35. The number of benzene rings is 1. The van der Waals surface area contributed by atoms with E-state index in [-0.39, 0.29) is 11.3 Å². The molecule has 0 aliphatic heterocycles. The van der Waals surface area contributed by atoms with Crippen LogP contribution in [0.1, 0.15) is 28.9 Å². The second kappa shape index (κ2) is 5.43. The van der Waals surface area contributed by atoms with Crippen LogP contribution in [0.2, 0.25) is 0 Å². The third kappa shape index (κ3) is 2.81. The van der Waals surface area contributed by atoms with Gasteiger partial charge in [0, 0.05) is 11.1 Å². The summed E-state index contributed by atoms with van der Waals surface area (Å²) in [4.78, 5) is 11.2. The molecule has 0 saturated carbocycles. The Balaban J connectivity index is 3.24. The van der Waals surface area contributed by atoms with Gasteiger partial charge in [-0.15, -0.1) is 0 Å². The van der Waals surface area contributed by atoms with Crippen LogP contribution in [0.5, 0.6) is 5.75 Å². The molecule has 0 amide bonds. The van der Waals surface area contributed by atoms with Gasteiger partial charge in [-0.2, -0.15) is 5.26 Å². The van der Waals surface area contributed by atoms with E-state index in [1.807, 2.05) is 0 Å². The molecule has 0 heterocycles. The second-order valence-corrected chi connectivity index (χ2v) is 3.53. The van der Waals surface area contributed by atoms with Crippen LogP contribution >= 0.6 is 0 Å². The van der Waals surface area contributed by atoms with Gasteiger partial charge in [-0.3, -0.25) is 4.79 Å². The van der Waals surface area contributed by atoms with Crippen molar-refractivity contribution in [1.29, 1.82) is 5.26 Å². The number of nitriles is 1. The van der Waals surface area contributed by atoms with Crippen molar-refractivity contribution in [3.05, 3.63) is 29.3 Å². The van der Waals surface area contributed by atoms with E-state index in [0.29, 0.717) is 11.3 Å². The van der Waals surface area contributed by atoms with Gasteiger partial charge in [0.05, 0.1) is 13.2 Å². The second-order valence-electron chi connectivity index (χ2n) is 3.53. The maximum absolute atomic E-state index is 11.2. The molecule has 0 spiro atoms. The van der Waals surface area contributed by atoms with Crippen LogP contribution in [0.15, 0.2) is 18.2 Å². The standard InChI is InChI=1S/C12H13NO4/c1-7(14)8-3-4-11(17-2)9(5-8)12(16)10(15)6-13/h3-5,10,12,15-16H,1-2H3. The first-order chi connectivity index (χ1) is 8.01. The van der Waals surface area contributed by atoms with Crippen molar-refractivity contribution in [3.8, 4) is 11.8 Å². The highest BCUT2D eigenvalue weighted by Crippen LogP contribution is 2.28. The summed E-state index contributed by atoms with van der Waals surface area (Å²) in [5.74, 6) is 0.143. The van der Waals surface area contributed by atoms with E-state index in [1.54, 1.807) is 6.07 Å². The molecule has 5 nitrogen and oxygen atoms in total. The Kier molecular flexibility index (Phi) is 4.21. The molecule has 1 aromatic rings. The van der Waals surface area contributed by atoms with Gasteiger partial charge in [-0.05, 0) is 25.1 Å². The zero-order valence-corrected chi connectivity index (χ0v) is 9.54. The predicted molar refractivity (Wildman–Crippen MR) is 59.6 cm³/mol. The van der Waals surface area contributed by atoms with Crippen LogP contribution in [0, 0.1) is 11.3 Å². The fourth-order valence-corrected chi connectivity index (χ4v) is 1.43. The largest absolute Gasteiger partial charge is 0.496 e. The summed E-state index contributed by atoms with van der Waals surface area (Å²) in [6.45, 7) is 1.39. The van der Waals surface area contributed by atoms with Crippen molar-refractivity contribution in [2.45, 2.75) is 19.1 Å². The number of hydrogen-bond donors (Lipinski definition) is 2. The minimum atomic E-state index is -1.56. The van der Waals surface area contributed by atoms with Crippen molar-refractivity contribution in [3.63, 3.8) is 0 Å². The minimum Gasteiger partial charge on any atom is -0.496 e. The Labute approximate surface area is 98.9 Å². The number of aliphatic hydroxyl groups is 2. The number of hydrogen-bond acceptors (Lipinski definition) is 5. The zero-order valence-electron chi connectivity index (χ0n) is 9.54. The SMILES string of the molecule is COc1ccc(C(C)=O)cc1C(O)C(O)C#N. The number of ether oxygens (including phenoxy) is 1. The van der Waals surface area contributed by atoms with Gasteiger partial charge >= 0.3 is 0 Å². The third-order valence-corrected chi connectivity index (χ3v) is 2.39. The summed E-state index contributed by atoms with van der Waals surface area (Å²) < 4.78 is 5.00.